The van der Waals surface area contributed by atoms with Crippen LogP contribution < -0.4 is 0 Å². The van der Waals surface area contributed by atoms with Gasteiger partial charge >= 0.3 is 0 Å². The van der Waals surface area contributed by atoms with Crippen molar-refractivity contribution in [3.8, 4) is 0 Å². The van der Waals surface area contributed by atoms with Crippen LogP contribution in [0, 0.1) is 0 Å². The predicted octanol–water partition coefficient (Wildman–Crippen LogP) is 1.31. The molecule has 1 aromatic heterocycles. The molecule has 1 fully saturated rings. The van der Waals surface area contributed by atoms with Crippen LogP contribution >= 0.6 is 0 Å². The van der Waals surface area contributed by atoms with E-state index in [-0.39, 0.29) is 17.4 Å². The molecule has 1 amide bonds. The minimum Gasteiger partial charge on any atom is -0.393 e. The second-order valence-corrected chi connectivity index (χ2v) is 6.31. The van der Waals surface area contributed by atoms with E-state index in [9.17, 15) is 9.90 Å². The van der Waals surface area contributed by atoms with E-state index in [4.69, 9.17) is 0 Å². The van der Waals surface area contributed by atoms with Crippen LogP contribution in [0.25, 0.3) is 0 Å². The van der Waals surface area contributed by atoms with Gasteiger partial charge in [-0.1, -0.05) is 20.8 Å². The molecule has 1 aromatic rings. The van der Waals surface area contributed by atoms with Gasteiger partial charge in [0.15, 0.2) is 0 Å². The third kappa shape index (κ3) is 2.97. The summed E-state index contributed by atoms with van der Waals surface area (Å²) in [7, 11) is 1.81. The molecule has 0 radical (unpaired) electrons. The highest BCUT2D eigenvalue weighted by Crippen LogP contribution is 2.22. The zero-order valence-corrected chi connectivity index (χ0v) is 12.2. The predicted molar refractivity (Wildman–Crippen MR) is 73.1 cm³/mol. The highest BCUT2D eigenvalue weighted by Gasteiger charge is 2.27. The Kier molecular flexibility index (Phi) is 3.67. The summed E-state index contributed by atoms with van der Waals surface area (Å²) < 4.78 is 1.66. The van der Waals surface area contributed by atoms with E-state index in [1.54, 1.807) is 16.6 Å². The van der Waals surface area contributed by atoms with Crippen molar-refractivity contribution in [3.63, 3.8) is 0 Å². The van der Waals surface area contributed by atoms with Crippen LogP contribution in [0.1, 0.15) is 49.8 Å². The van der Waals surface area contributed by atoms with Gasteiger partial charge in [-0.25, -0.2) is 0 Å². The number of amides is 1. The Balaban J connectivity index is 2.18. The number of hydrogen-bond donors (Lipinski definition) is 1. The lowest BCUT2D eigenvalue weighted by molar-refractivity contribution is 0.0537. The maximum absolute atomic E-state index is 12.5. The van der Waals surface area contributed by atoms with Crippen molar-refractivity contribution in [1.82, 2.24) is 14.7 Å². The van der Waals surface area contributed by atoms with E-state index in [1.165, 1.54) is 0 Å². The molecule has 2 heterocycles. The summed E-state index contributed by atoms with van der Waals surface area (Å²) in [5.41, 5.74) is 1.49. The summed E-state index contributed by atoms with van der Waals surface area (Å²) >= 11 is 0. The highest BCUT2D eigenvalue weighted by atomic mass is 16.3. The third-order valence-electron chi connectivity index (χ3n) is 3.62. The summed E-state index contributed by atoms with van der Waals surface area (Å²) in [5, 5.41) is 13.9. The average Bonchev–Trinajstić information content (AvgIpc) is 2.71. The Hall–Kier alpha value is -1.36. The van der Waals surface area contributed by atoms with E-state index in [0.717, 1.165) is 5.69 Å². The van der Waals surface area contributed by atoms with Gasteiger partial charge in [0.2, 0.25) is 0 Å². The molecule has 19 heavy (non-hydrogen) atoms. The summed E-state index contributed by atoms with van der Waals surface area (Å²) in [6, 6.07) is 1.88. The number of aliphatic hydroxyl groups is 1. The first-order valence-electron chi connectivity index (χ1n) is 6.81. The van der Waals surface area contributed by atoms with Gasteiger partial charge in [0.05, 0.1) is 11.8 Å². The molecule has 0 unspecified atom stereocenters. The number of carbonyl (C=O) groups is 1. The first-order chi connectivity index (χ1) is 8.79. The maximum Gasteiger partial charge on any atom is 0.272 e. The summed E-state index contributed by atoms with van der Waals surface area (Å²) in [6.07, 6.45) is 1.06. The van der Waals surface area contributed by atoms with Crippen LogP contribution in [-0.4, -0.2) is 44.9 Å². The van der Waals surface area contributed by atoms with Gasteiger partial charge in [-0.2, -0.15) is 5.10 Å². The fourth-order valence-electron chi connectivity index (χ4n) is 2.26. The Labute approximate surface area is 114 Å². The number of likely N-dealkylation sites (tertiary alicyclic amines) is 1. The van der Waals surface area contributed by atoms with Gasteiger partial charge in [-0.15, -0.1) is 0 Å². The summed E-state index contributed by atoms with van der Waals surface area (Å²) in [6.45, 7) is 7.49. The highest BCUT2D eigenvalue weighted by molar-refractivity contribution is 5.92. The lowest BCUT2D eigenvalue weighted by atomic mass is 9.92. The number of carbonyl (C=O) groups excluding carboxylic acids is 1. The molecule has 5 heteroatoms. The molecule has 0 saturated carbocycles. The number of hydrogen-bond acceptors (Lipinski definition) is 3. The lowest BCUT2D eigenvalue weighted by Gasteiger charge is -2.29. The Bertz CT molecular complexity index is 466. The molecule has 5 nitrogen and oxygen atoms in total. The molecule has 0 aliphatic carbocycles. The molecule has 1 aliphatic rings. The molecular formula is C14H23N3O2. The van der Waals surface area contributed by atoms with Crippen molar-refractivity contribution >= 4 is 5.91 Å². The summed E-state index contributed by atoms with van der Waals surface area (Å²) in [4.78, 5) is 14.3. The number of aromatic nitrogens is 2. The molecule has 0 atom stereocenters. The molecule has 2 rings (SSSR count). The normalized spacial score (nSPS) is 17.8. The van der Waals surface area contributed by atoms with Gasteiger partial charge in [0, 0.05) is 25.6 Å². The third-order valence-corrected chi connectivity index (χ3v) is 3.62. The topological polar surface area (TPSA) is 58.4 Å². The van der Waals surface area contributed by atoms with E-state index in [1.807, 2.05) is 6.07 Å². The standard InChI is InChI=1S/C14H23N3O2/c1-14(2,3)12-9-11(16(4)15-12)13(19)17-7-5-10(18)6-8-17/h9-10,18H,5-8H2,1-4H3. The Morgan fingerprint density at radius 3 is 2.42 bits per heavy atom. The van der Waals surface area contributed by atoms with E-state index in [2.05, 4.69) is 25.9 Å². The van der Waals surface area contributed by atoms with Crippen molar-refractivity contribution in [2.24, 2.45) is 7.05 Å². The largest absolute Gasteiger partial charge is 0.393 e. The molecule has 106 valence electrons. The molecular weight excluding hydrogens is 242 g/mol. The average molecular weight is 265 g/mol. The van der Waals surface area contributed by atoms with Crippen molar-refractivity contribution in [1.29, 1.82) is 0 Å². The number of piperidine rings is 1. The number of aryl methyl sites for hydroxylation is 1. The minimum atomic E-state index is -0.263. The van der Waals surface area contributed by atoms with Crippen LogP contribution in [0.3, 0.4) is 0 Å². The van der Waals surface area contributed by atoms with Crippen molar-refractivity contribution in [3.05, 3.63) is 17.5 Å². The maximum atomic E-state index is 12.5. The van der Waals surface area contributed by atoms with E-state index >= 15 is 0 Å². The summed E-state index contributed by atoms with van der Waals surface area (Å²) in [5.74, 6) is 0.0115. The van der Waals surface area contributed by atoms with Crippen LogP contribution in [0.4, 0.5) is 0 Å². The Morgan fingerprint density at radius 1 is 1.37 bits per heavy atom. The lowest BCUT2D eigenvalue weighted by Crippen LogP contribution is -2.40. The van der Waals surface area contributed by atoms with Gasteiger partial charge < -0.3 is 10.0 Å². The SMILES string of the molecule is Cn1nc(C(C)(C)C)cc1C(=O)N1CCC(O)CC1. The minimum absolute atomic E-state index is 0.0115. The molecule has 1 saturated heterocycles. The molecule has 0 bridgehead atoms. The van der Waals surface area contributed by atoms with E-state index in [0.29, 0.717) is 31.6 Å². The van der Waals surface area contributed by atoms with Crippen molar-refractivity contribution in [2.45, 2.75) is 45.1 Å². The van der Waals surface area contributed by atoms with Crippen LogP contribution in [-0.2, 0) is 12.5 Å². The van der Waals surface area contributed by atoms with Gasteiger partial charge in [0.25, 0.3) is 5.91 Å². The zero-order chi connectivity index (χ0) is 14.2. The fraction of sp³-hybridized carbons (Fsp3) is 0.714. The fourth-order valence-corrected chi connectivity index (χ4v) is 2.26. The molecule has 1 N–H and O–H groups in total. The zero-order valence-electron chi connectivity index (χ0n) is 12.2. The van der Waals surface area contributed by atoms with E-state index < -0.39 is 0 Å². The van der Waals surface area contributed by atoms with Gasteiger partial charge in [-0.3, -0.25) is 9.48 Å². The van der Waals surface area contributed by atoms with Crippen LogP contribution in [0.2, 0.25) is 0 Å². The molecule has 1 aliphatic heterocycles. The first kappa shape index (κ1) is 14.1. The van der Waals surface area contributed by atoms with Crippen molar-refractivity contribution in [2.75, 3.05) is 13.1 Å². The monoisotopic (exact) mass is 265 g/mol. The smallest absolute Gasteiger partial charge is 0.272 e. The Morgan fingerprint density at radius 2 is 1.95 bits per heavy atom. The number of nitrogens with zero attached hydrogens (tertiary/aromatic N) is 3. The number of rotatable bonds is 1. The second-order valence-electron chi connectivity index (χ2n) is 6.31. The molecule has 0 spiro atoms. The van der Waals surface area contributed by atoms with Crippen LogP contribution in [0.5, 0.6) is 0 Å². The van der Waals surface area contributed by atoms with Gasteiger partial charge in [0.1, 0.15) is 5.69 Å². The quantitative estimate of drug-likeness (QED) is 0.833. The second kappa shape index (κ2) is 4.96. The van der Waals surface area contributed by atoms with Gasteiger partial charge in [-0.05, 0) is 18.9 Å². The first-order valence-corrected chi connectivity index (χ1v) is 6.81. The molecule has 0 aromatic carbocycles. The number of aliphatic hydroxyl groups excluding tert-OH is 1. The van der Waals surface area contributed by atoms with Crippen molar-refractivity contribution < 1.29 is 9.90 Å². The van der Waals surface area contributed by atoms with Crippen LogP contribution in [0.15, 0.2) is 6.07 Å².